The summed E-state index contributed by atoms with van der Waals surface area (Å²) >= 11 is 0. The van der Waals surface area contributed by atoms with Crippen LogP contribution in [-0.2, 0) is 25.7 Å². The van der Waals surface area contributed by atoms with E-state index in [0.717, 1.165) is 200 Å². The summed E-state index contributed by atoms with van der Waals surface area (Å²) in [4.78, 5) is 25.9. The van der Waals surface area contributed by atoms with Crippen LogP contribution in [0.2, 0.25) is 0 Å². The van der Waals surface area contributed by atoms with E-state index in [9.17, 15) is 0 Å². The van der Waals surface area contributed by atoms with Crippen LogP contribution in [0, 0.1) is 0 Å². The molecule has 0 radical (unpaired) electrons. The van der Waals surface area contributed by atoms with Gasteiger partial charge in [0, 0.05) is 139 Å². The van der Waals surface area contributed by atoms with Gasteiger partial charge in [-0.2, -0.15) is 0 Å². The minimum atomic E-state index is 0. The number of hydrogen-bond acceptors (Lipinski definition) is 8. The van der Waals surface area contributed by atoms with Gasteiger partial charge in [0.2, 0.25) is 0 Å². The Kier molecular flexibility index (Phi) is 25.1. The van der Waals surface area contributed by atoms with Gasteiger partial charge in [-0.05, 0) is 197 Å². The van der Waals surface area contributed by atoms with Gasteiger partial charge in [-0.25, -0.2) is 0 Å². The fourth-order valence-corrected chi connectivity index (χ4v) is 11.8. The Balaban J connectivity index is 0.00000250. The van der Waals surface area contributed by atoms with Crippen LogP contribution in [0.5, 0.6) is 23.0 Å². The Hall–Kier alpha value is -8.28. The van der Waals surface area contributed by atoms with E-state index in [2.05, 4.69) is 185 Å². The highest BCUT2D eigenvalue weighted by Gasteiger charge is 2.17. The van der Waals surface area contributed by atoms with Crippen molar-refractivity contribution in [3.05, 3.63) is 274 Å². The van der Waals surface area contributed by atoms with E-state index in [-0.39, 0.29) is 67.9 Å². The van der Waals surface area contributed by atoms with Crippen LogP contribution in [0.1, 0.15) is 96.9 Å². The van der Waals surface area contributed by atoms with Gasteiger partial charge >= 0.3 is 0 Å². The summed E-state index contributed by atoms with van der Waals surface area (Å²) in [5.41, 5.74) is 10.2. The highest BCUT2D eigenvalue weighted by atomic mass is 79.9. The summed E-state index contributed by atoms with van der Waals surface area (Å²) in [6.07, 6.45) is 27.4. The molecule has 16 heteroatoms. The van der Waals surface area contributed by atoms with E-state index in [0.29, 0.717) is 26.4 Å². The van der Waals surface area contributed by atoms with E-state index in [1.165, 1.54) is 0 Å². The Bertz CT molecular complexity index is 4420. The summed E-state index contributed by atoms with van der Waals surface area (Å²) in [5, 5.41) is 8.46. The van der Waals surface area contributed by atoms with Crippen molar-refractivity contribution in [1.82, 2.24) is 39.0 Å². The third kappa shape index (κ3) is 17.4. The van der Waals surface area contributed by atoms with Gasteiger partial charge in [0.05, 0.1) is 37.8 Å². The minimum absolute atomic E-state index is 0. The van der Waals surface area contributed by atoms with E-state index in [1.807, 2.05) is 85.5 Å². The number of aromatic nitrogens is 8. The Morgan fingerprint density at radius 2 is 0.685 bits per heavy atom. The van der Waals surface area contributed by atoms with Gasteiger partial charge in [0.25, 0.3) is 0 Å². The maximum atomic E-state index is 6.65. The summed E-state index contributed by atoms with van der Waals surface area (Å²) in [6.45, 7) is 2.25. The predicted octanol–water partition coefficient (Wildman–Crippen LogP) is 15.4. The summed E-state index contributed by atoms with van der Waals surface area (Å²) in [7, 11) is 0. The Morgan fingerprint density at radius 3 is 1.08 bits per heavy atom. The molecule has 9 heterocycles. The van der Waals surface area contributed by atoms with E-state index in [1.54, 1.807) is 0 Å². The number of H-pyrrole nitrogens is 2. The molecule has 0 aliphatic carbocycles. The highest BCUT2D eigenvalue weighted by molar-refractivity contribution is 8.93. The molecule has 1 aliphatic rings. The average molecular weight is 1490 g/mol. The first-order valence-electron chi connectivity index (χ1n) is 31.1. The molecule has 0 atom stereocenters. The molecule has 0 fully saturated rings. The predicted molar refractivity (Wildman–Crippen MR) is 393 cm³/mol. The number of pyridine rings is 4. The first-order chi connectivity index (χ1) is 43.6. The zero-order valence-corrected chi connectivity index (χ0v) is 58.1. The number of halogens is 4. The van der Waals surface area contributed by atoms with Crippen LogP contribution < -0.4 is 40.3 Å². The molecule has 472 valence electrons. The molecular formula is C76H76Br4N8O4. The van der Waals surface area contributed by atoms with Crippen molar-refractivity contribution >= 4 is 114 Å². The third-order valence-corrected chi connectivity index (χ3v) is 16.1. The second-order valence-electron chi connectivity index (χ2n) is 22.5. The van der Waals surface area contributed by atoms with Crippen molar-refractivity contribution < 1.29 is 18.9 Å². The van der Waals surface area contributed by atoms with Crippen molar-refractivity contribution in [2.75, 3.05) is 26.4 Å². The lowest BCUT2D eigenvalue weighted by Gasteiger charge is -2.16. The monoisotopic (exact) mass is 1480 g/mol. The molecule has 92 heavy (non-hydrogen) atoms. The summed E-state index contributed by atoms with van der Waals surface area (Å²) in [6, 6.07) is 63.2. The Labute approximate surface area is 578 Å². The SMILES string of the molecule is Br.Br.Br.Br.C1=c2ccc([nH]2)=Cc2ccc(n2-c2cc(OCCCCc3ccccn3)cc(OCCCCc3ccccn3)c2)C=c2[nH]c(c3ccc4ccccc4c23)=Cc2ccc1n2-c1cc(OCCCCc2ccccn2)cc(OCCCCc2ccccn2)c1. The highest BCUT2D eigenvalue weighted by Crippen LogP contribution is 2.32. The first kappa shape index (κ1) is 68.1. The molecule has 12 aromatic rings. The van der Waals surface area contributed by atoms with E-state index >= 15 is 0 Å². The number of unbranched alkanes of at least 4 members (excludes halogenated alkanes) is 4. The van der Waals surface area contributed by atoms with Crippen LogP contribution in [0.3, 0.4) is 0 Å². The lowest BCUT2D eigenvalue weighted by Crippen LogP contribution is -2.14. The molecule has 8 aromatic heterocycles. The van der Waals surface area contributed by atoms with Crippen LogP contribution in [-0.4, -0.2) is 65.5 Å². The van der Waals surface area contributed by atoms with Gasteiger partial charge in [-0.1, -0.05) is 60.7 Å². The average Bonchev–Trinajstić information content (AvgIpc) is 1.59. The normalized spacial score (nSPS) is 11.3. The third-order valence-electron chi connectivity index (χ3n) is 16.1. The van der Waals surface area contributed by atoms with Crippen LogP contribution in [0.25, 0.3) is 57.2 Å². The van der Waals surface area contributed by atoms with Crippen molar-refractivity contribution in [3.8, 4) is 34.4 Å². The molecule has 0 spiro atoms. The molecule has 0 unspecified atom stereocenters. The fraction of sp³-hybridized carbons (Fsp3) is 0.211. The van der Waals surface area contributed by atoms with Crippen LogP contribution in [0.15, 0.2) is 207 Å². The van der Waals surface area contributed by atoms with Crippen LogP contribution in [0.4, 0.5) is 0 Å². The molecule has 4 aromatic carbocycles. The van der Waals surface area contributed by atoms with Crippen molar-refractivity contribution in [2.45, 2.75) is 77.0 Å². The van der Waals surface area contributed by atoms with E-state index in [4.69, 9.17) is 18.9 Å². The number of benzene rings is 4. The number of nitrogens with one attached hydrogen (secondary N) is 2. The number of aromatic amines is 2. The lowest BCUT2D eigenvalue weighted by atomic mass is 10.0. The first-order valence-corrected chi connectivity index (χ1v) is 31.1. The van der Waals surface area contributed by atoms with Crippen molar-refractivity contribution in [3.63, 3.8) is 0 Å². The number of hydrogen-bond donors (Lipinski definition) is 2. The largest absolute Gasteiger partial charge is 0.493 e. The molecule has 13 rings (SSSR count). The maximum absolute atomic E-state index is 6.65. The number of fused-ring (bicyclic) bond motifs is 13. The summed E-state index contributed by atoms with van der Waals surface area (Å²) < 4.78 is 31.2. The van der Waals surface area contributed by atoms with Gasteiger partial charge in [-0.15, -0.1) is 67.9 Å². The Morgan fingerprint density at radius 1 is 0.315 bits per heavy atom. The molecule has 0 saturated heterocycles. The smallest absolute Gasteiger partial charge is 0.125 e. The number of aryl methyl sites for hydroxylation is 4. The van der Waals surface area contributed by atoms with Gasteiger partial charge in [-0.3, -0.25) is 19.9 Å². The molecule has 0 saturated carbocycles. The summed E-state index contributed by atoms with van der Waals surface area (Å²) in [5.74, 6) is 3.01. The zero-order valence-electron chi connectivity index (χ0n) is 51.2. The quantitative estimate of drug-likeness (QED) is 0.0513. The molecule has 2 N–H and O–H groups in total. The maximum Gasteiger partial charge on any atom is 0.125 e. The number of nitrogens with zero attached hydrogens (tertiary/aromatic N) is 6. The van der Waals surface area contributed by atoms with Crippen molar-refractivity contribution in [1.29, 1.82) is 0 Å². The number of rotatable bonds is 26. The van der Waals surface area contributed by atoms with E-state index < -0.39 is 0 Å². The molecule has 8 bridgehead atoms. The molecule has 0 amide bonds. The van der Waals surface area contributed by atoms with Crippen molar-refractivity contribution in [2.24, 2.45) is 0 Å². The van der Waals surface area contributed by atoms with Gasteiger partial charge in [0.15, 0.2) is 0 Å². The lowest BCUT2D eigenvalue weighted by molar-refractivity contribution is 0.291. The minimum Gasteiger partial charge on any atom is -0.493 e. The topological polar surface area (TPSA) is 130 Å². The number of ether oxygens (including phenoxy) is 4. The van der Waals surface area contributed by atoms with Crippen LogP contribution >= 0.6 is 67.9 Å². The fourth-order valence-electron chi connectivity index (χ4n) is 11.8. The van der Waals surface area contributed by atoms with Gasteiger partial charge < -0.3 is 38.0 Å². The molecule has 12 nitrogen and oxygen atoms in total. The zero-order chi connectivity index (χ0) is 59.1. The second kappa shape index (κ2) is 33.9. The molecular weight excluding hydrogens is 1410 g/mol. The van der Waals surface area contributed by atoms with Gasteiger partial charge in [0.1, 0.15) is 23.0 Å². The molecule has 1 aliphatic heterocycles. The second-order valence-corrected chi connectivity index (χ2v) is 22.5. The standard InChI is InChI=1S/C76H72N8O4.4BrH/c1-2-28-72-55(19-1)29-36-73-74-51-64-34-32-62(83(64)66-47-68(85-41-15-7-24-56-20-3-11-37-77-56)53-69(48-66)86-42-16-8-25-57-21-4-12-38-78-57)45-60-30-31-61(81-60)46-63-33-35-65(52-75(82-74)76(72)73)84(63)67-49-70(87-43-17-9-26-58-22-5-13-39-79-58)54-71(50-67)88-44-18-10-27-59-23-6-14-40-80-59;;;;/h1-6,11-14,19-23,28-40,45-54,81-82H,7-10,15-18,24-27,41-44H2;4*1H.